The second kappa shape index (κ2) is 3.48. The van der Waals surface area contributed by atoms with Crippen LogP contribution in [-0.2, 0) is 4.74 Å². The summed E-state index contributed by atoms with van der Waals surface area (Å²) in [7, 11) is 1.37. The van der Waals surface area contributed by atoms with Gasteiger partial charge in [0, 0.05) is 6.04 Å². The van der Waals surface area contributed by atoms with E-state index < -0.39 is 0 Å². The average Bonchev–Trinajstić information content (AvgIpc) is 2.65. The summed E-state index contributed by atoms with van der Waals surface area (Å²) in [4.78, 5) is 15.9. The molecule has 0 spiro atoms. The minimum atomic E-state index is -0.324. The number of carbonyl (C=O) groups is 1. The molecule has 1 heterocycles. The quantitative estimate of drug-likeness (QED) is 0.802. The number of aromatic nitrogens is 1. The van der Waals surface area contributed by atoms with Gasteiger partial charge in [0.1, 0.15) is 4.88 Å². The predicted molar refractivity (Wildman–Crippen MR) is 59.3 cm³/mol. The molecule has 1 N–H and O–H groups in total. The van der Waals surface area contributed by atoms with Crippen LogP contribution in [0.15, 0.2) is 6.20 Å². The fraction of sp³-hybridized carbons (Fsp3) is 0.600. The first-order valence-corrected chi connectivity index (χ1v) is 5.65. The van der Waals surface area contributed by atoms with E-state index in [0.29, 0.717) is 16.3 Å². The molecule has 1 aliphatic rings. The highest BCUT2D eigenvalue weighted by atomic mass is 32.1. The van der Waals surface area contributed by atoms with Crippen molar-refractivity contribution < 1.29 is 9.53 Å². The van der Waals surface area contributed by atoms with E-state index in [1.54, 1.807) is 6.20 Å². The molecule has 0 aromatic carbocycles. The van der Waals surface area contributed by atoms with Gasteiger partial charge in [0.25, 0.3) is 0 Å². The van der Waals surface area contributed by atoms with Crippen molar-refractivity contribution in [3.63, 3.8) is 0 Å². The first-order chi connectivity index (χ1) is 7.03. The van der Waals surface area contributed by atoms with Crippen LogP contribution in [0, 0.1) is 5.41 Å². The van der Waals surface area contributed by atoms with E-state index in [1.165, 1.54) is 18.4 Å². The topological polar surface area (TPSA) is 51.2 Å². The molecule has 5 heteroatoms. The summed E-state index contributed by atoms with van der Waals surface area (Å²) >= 11 is 1.34. The number of methoxy groups -OCH3 is 1. The summed E-state index contributed by atoms with van der Waals surface area (Å²) in [5, 5.41) is 4.10. The number of thiazole rings is 1. The number of carbonyl (C=O) groups excluding carboxylic acids is 1. The Bertz CT molecular complexity index is 387. The average molecular weight is 226 g/mol. The van der Waals surface area contributed by atoms with Crippen LogP contribution in [0.4, 0.5) is 5.13 Å². The van der Waals surface area contributed by atoms with Gasteiger partial charge in [-0.25, -0.2) is 9.78 Å². The molecule has 1 saturated carbocycles. The van der Waals surface area contributed by atoms with Crippen LogP contribution in [0.3, 0.4) is 0 Å². The van der Waals surface area contributed by atoms with E-state index in [4.69, 9.17) is 0 Å². The summed E-state index contributed by atoms with van der Waals surface area (Å²) in [6.45, 7) is 4.42. The Morgan fingerprint density at radius 1 is 1.73 bits per heavy atom. The zero-order chi connectivity index (χ0) is 11.1. The molecular weight excluding hydrogens is 212 g/mol. The minimum absolute atomic E-state index is 0.324. The Labute approximate surface area is 92.7 Å². The Morgan fingerprint density at radius 2 is 2.40 bits per heavy atom. The van der Waals surface area contributed by atoms with Gasteiger partial charge in [0.2, 0.25) is 0 Å². The van der Waals surface area contributed by atoms with Crippen molar-refractivity contribution in [2.75, 3.05) is 12.4 Å². The lowest BCUT2D eigenvalue weighted by molar-refractivity contribution is 0.0606. The zero-order valence-electron chi connectivity index (χ0n) is 9.03. The van der Waals surface area contributed by atoms with Crippen molar-refractivity contribution in [1.82, 2.24) is 4.98 Å². The van der Waals surface area contributed by atoms with Crippen LogP contribution in [0.5, 0.6) is 0 Å². The van der Waals surface area contributed by atoms with E-state index in [0.717, 1.165) is 11.6 Å². The lowest BCUT2D eigenvalue weighted by Gasteiger charge is -2.03. The molecule has 1 fully saturated rings. The van der Waals surface area contributed by atoms with E-state index >= 15 is 0 Å². The predicted octanol–water partition coefficient (Wildman–Crippen LogP) is 2.14. The van der Waals surface area contributed by atoms with Gasteiger partial charge >= 0.3 is 5.97 Å². The molecule has 0 amide bonds. The molecule has 4 nitrogen and oxygen atoms in total. The molecule has 0 saturated heterocycles. The Balaban J connectivity index is 1.99. The fourth-order valence-corrected chi connectivity index (χ4v) is 2.19. The van der Waals surface area contributed by atoms with Crippen LogP contribution in [0.2, 0.25) is 0 Å². The number of rotatable bonds is 3. The van der Waals surface area contributed by atoms with Gasteiger partial charge in [-0.05, 0) is 11.8 Å². The maximum Gasteiger partial charge on any atom is 0.349 e. The summed E-state index contributed by atoms with van der Waals surface area (Å²) in [6.07, 6.45) is 2.70. The molecule has 1 aliphatic carbocycles. The molecule has 0 aliphatic heterocycles. The van der Waals surface area contributed by atoms with Gasteiger partial charge < -0.3 is 10.1 Å². The summed E-state index contributed by atoms with van der Waals surface area (Å²) in [5.41, 5.74) is 0.358. The lowest BCUT2D eigenvalue weighted by atomic mass is 10.2. The minimum Gasteiger partial charge on any atom is -0.465 e. The number of hydrogen-bond acceptors (Lipinski definition) is 5. The Kier molecular flexibility index (Phi) is 2.42. The van der Waals surface area contributed by atoms with E-state index in [-0.39, 0.29) is 5.97 Å². The van der Waals surface area contributed by atoms with Crippen molar-refractivity contribution in [1.29, 1.82) is 0 Å². The van der Waals surface area contributed by atoms with Crippen molar-refractivity contribution in [2.45, 2.75) is 26.3 Å². The second-order valence-electron chi connectivity index (χ2n) is 4.41. The number of esters is 1. The zero-order valence-corrected chi connectivity index (χ0v) is 9.85. The third-order valence-corrected chi connectivity index (χ3v) is 3.61. The number of anilines is 1. The van der Waals surface area contributed by atoms with Crippen LogP contribution in [-0.4, -0.2) is 24.1 Å². The maximum atomic E-state index is 11.2. The highest BCUT2D eigenvalue weighted by Gasteiger charge is 2.46. The van der Waals surface area contributed by atoms with E-state index in [2.05, 4.69) is 28.9 Å². The van der Waals surface area contributed by atoms with Crippen LogP contribution in [0.1, 0.15) is 29.9 Å². The van der Waals surface area contributed by atoms with Gasteiger partial charge in [-0.1, -0.05) is 25.2 Å². The highest BCUT2D eigenvalue weighted by Crippen LogP contribution is 2.46. The molecule has 15 heavy (non-hydrogen) atoms. The largest absolute Gasteiger partial charge is 0.465 e. The number of ether oxygens (including phenoxy) is 1. The number of hydrogen-bond donors (Lipinski definition) is 1. The van der Waals surface area contributed by atoms with Crippen molar-refractivity contribution in [3.8, 4) is 0 Å². The third-order valence-electron chi connectivity index (χ3n) is 2.70. The Morgan fingerprint density at radius 3 is 2.93 bits per heavy atom. The highest BCUT2D eigenvalue weighted by molar-refractivity contribution is 7.17. The normalized spacial score (nSPS) is 22.2. The van der Waals surface area contributed by atoms with Gasteiger partial charge in [-0.15, -0.1) is 0 Å². The molecule has 0 bridgehead atoms. The van der Waals surface area contributed by atoms with Crippen LogP contribution in [0.25, 0.3) is 0 Å². The maximum absolute atomic E-state index is 11.2. The second-order valence-corrected chi connectivity index (χ2v) is 5.44. The monoisotopic (exact) mass is 226 g/mol. The van der Waals surface area contributed by atoms with Gasteiger partial charge in [0.15, 0.2) is 5.13 Å². The van der Waals surface area contributed by atoms with Crippen molar-refractivity contribution >= 4 is 22.4 Å². The van der Waals surface area contributed by atoms with Gasteiger partial charge in [-0.2, -0.15) is 0 Å². The standard InChI is InChI=1S/C10H14N2O2S/c1-10(2)4-7(10)12-9-11-5-6(15-9)8(13)14-3/h5,7H,4H2,1-3H3,(H,11,12). The number of nitrogens with zero attached hydrogens (tertiary/aromatic N) is 1. The molecule has 1 unspecified atom stereocenters. The smallest absolute Gasteiger partial charge is 0.349 e. The SMILES string of the molecule is COC(=O)c1cnc(NC2CC2(C)C)s1. The molecular formula is C10H14N2O2S. The first-order valence-electron chi connectivity index (χ1n) is 4.83. The number of nitrogens with one attached hydrogen (secondary N) is 1. The fourth-order valence-electron chi connectivity index (χ4n) is 1.40. The Hall–Kier alpha value is -1.10. The molecule has 2 rings (SSSR count). The lowest BCUT2D eigenvalue weighted by Crippen LogP contribution is -2.07. The summed E-state index contributed by atoms with van der Waals surface area (Å²) in [6, 6.07) is 0.481. The van der Waals surface area contributed by atoms with Crippen molar-refractivity contribution in [3.05, 3.63) is 11.1 Å². The van der Waals surface area contributed by atoms with E-state index in [9.17, 15) is 4.79 Å². The summed E-state index contributed by atoms with van der Waals surface area (Å²) in [5.74, 6) is -0.324. The molecule has 1 atom stereocenters. The van der Waals surface area contributed by atoms with Crippen molar-refractivity contribution in [2.24, 2.45) is 5.41 Å². The van der Waals surface area contributed by atoms with Crippen LogP contribution < -0.4 is 5.32 Å². The first kappa shape index (κ1) is 10.4. The van der Waals surface area contributed by atoms with Gasteiger partial charge in [-0.3, -0.25) is 0 Å². The molecule has 0 radical (unpaired) electrons. The third kappa shape index (κ3) is 2.12. The summed E-state index contributed by atoms with van der Waals surface area (Å²) < 4.78 is 4.61. The molecule has 1 aromatic rings. The van der Waals surface area contributed by atoms with Gasteiger partial charge in [0.05, 0.1) is 13.3 Å². The molecule has 1 aromatic heterocycles. The van der Waals surface area contributed by atoms with Crippen LogP contribution >= 0.6 is 11.3 Å². The van der Waals surface area contributed by atoms with E-state index in [1.807, 2.05) is 0 Å². The molecule has 82 valence electrons.